The maximum absolute atomic E-state index is 5.94. The summed E-state index contributed by atoms with van der Waals surface area (Å²) >= 11 is 7.39. The Morgan fingerprint density at radius 2 is 2.25 bits per heavy atom. The van der Waals surface area contributed by atoms with Gasteiger partial charge in [0.05, 0.1) is 14.9 Å². The molecule has 86 valence electrons. The van der Waals surface area contributed by atoms with Crippen LogP contribution in [-0.4, -0.2) is 9.78 Å². The number of nitrogens with two attached hydrogens (primary N) is 1. The smallest absolute Gasteiger partial charge is 0.125 e. The van der Waals surface area contributed by atoms with Crippen LogP contribution in [0, 0.1) is 5.92 Å². The molecule has 0 saturated carbocycles. The standard InChI is InChI=1S/C11H14ClN3S/c1-7(2)5-15-6-8(13)11(14-15)9-3-4-10(12)16-9/h3-4,6-7H,5,13H2,1-2H3. The minimum Gasteiger partial charge on any atom is -0.396 e. The fourth-order valence-corrected chi connectivity index (χ4v) is 2.59. The number of hydrogen-bond acceptors (Lipinski definition) is 3. The Bertz CT molecular complexity index is 487. The van der Waals surface area contributed by atoms with Crippen LogP contribution in [0.15, 0.2) is 18.3 Å². The van der Waals surface area contributed by atoms with Gasteiger partial charge in [-0.05, 0) is 18.1 Å². The second-order valence-corrected chi connectivity index (χ2v) is 5.87. The van der Waals surface area contributed by atoms with E-state index in [2.05, 4.69) is 18.9 Å². The minimum absolute atomic E-state index is 0.555. The van der Waals surface area contributed by atoms with Crippen molar-refractivity contribution < 1.29 is 0 Å². The Kier molecular flexibility index (Phi) is 3.21. The molecule has 0 saturated heterocycles. The van der Waals surface area contributed by atoms with Gasteiger partial charge in [0.15, 0.2) is 0 Å². The highest BCUT2D eigenvalue weighted by molar-refractivity contribution is 7.19. The normalized spacial score (nSPS) is 11.2. The van der Waals surface area contributed by atoms with Crippen molar-refractivity contribution >= 4 is 28.6 Å². The molecule has 0 aliphatic heterocycles. The van der Waals surface area contributed by atoms with E-state index >= 15 is 0 Å². The largest absolute Gasteiger partial charge is 0.396 e. The molecule has 2 rings (SSSR count). The molecule has 2 N–H and O–H groups in total. The summed E-state index contributed by atoms with van der Waals surface area (Å²) in [5.41, 5.74) is 7.48. The van der Waals surface area contributed by atoms with Gasteiger partial charge < -0.3 is 5.73 Å². The van der Waals surface area contributed by atoms with E-state index in [4.69, 9.17) is 17.3 Å². The van der Waals surface area contributed by atoms with Crippen molar-refractivity contribution in [3.8, 4) is 10.6 Å². The molecule has 0 amide bonds. The SMILES string of the molecule is CC(C)Cn1cc(N)c(-c2ccc(Cl)s2)n1. The molecular weight excluding hydrogens is 242 g/mol. The van der Waals surface area contributed by atoms with Gasteiger partial charge in [0.2, 0.25) is 0 Å². The van der Waals surface area contributed by atoms with Crippen LogP contribution in [0.25, 0.3) is 10.6 Å². The summed E-state index contributed by atoms with van der Waals surface area (Å²) in [6.45, 7) is 5.18. The zero-order chi connectivity index (χ0) is 11.7. The molecule has 3 nitrogen and oxygen atoms in total. The van der Waals surface area contributed by atoms with Crippen molar-refractivity contribution in [3.05, 3.63) is 22.7 Å². The highest BCUT2D eigenvalue weighted by Crippen LogP contribution is 2.33. The Morgan fingerprint density at radius 3 is 2.81 bits per heavy atom. The van der Waals surface area contributed by atoms with Crippen molar-refractivity contribution in [1.29, 1.82) is 0 Å². The fourth-order valence-electron chi connectivity index (χ4n) is 1.54. The van der Waals surface area contributed by atoms with Gasteiger partial charge in [0, 0.05) is 12.7 Å². The molecule has 0 unspecified atom stereocenters. The molecule has 2 aromatic heterocycles. The first-order valence-corrected chi connectivity index (χ1v) is 6.34. The molecule has 0 radical (unpaired) electrons. The van der Waals surface area contributed by atoms with Gasteiger partial charge in [0.25, 0.3) is 0 Å². The van der Waals surface area contributed by atoms with Gasteiger partial charge >= 0.3 is 0 Å². The maximum Gasteiger partial charge on any atom is 0.125 e. The molecule has 2 heterocycles. The summed E-state index contributed by atoms with van der Waals surface area (Å²) in [7, 11) is 0. The van der Waals surface area contributed by atoms with Crippen LogP contribution in [0.2, 0.25) is 4.34 Å². The zero-order valence-corrected chi connectivity index (χ0v) is 10.8. The highest BCUT2D eigenvalue weighted by atomic mass is 35.5. The molecule has 0 aromatic carbocycles. The van der Waals surface area contributed by atoms with Gasteiger partial charge in [-0.3, -0.25) is 4.68 Å². The second kappa shape index (κ2) is 4.47. The number of nitrogens with zero attached hydrogens (tertiary/aromatic N) is 2. The summed E-state index contributed by atoms with van der Waals surface area (Å²) in [4.78, 5) is 1.02. The van der Waals surface area contributed by atoms with E-state index in [-0.39, 0.29) is 0 Å². The van der Waals surface area contributed by atoms with Gasteiger partial charge in [-0.15, -0.1) is 11.3 Å². The van der Waals surface area contributed by atoms with E-state index in [0.717, 1.165) is 21.5 Å². The molecule has 0 bridgehead atoms. The number of hydrogen-bond donors (Lipinski definition) is 1. The first-order valence-electron chi connectivity index (χ1n) is 5.15. The Hall–Kier alpha value is -1.00. The van der Waals surface area contributed by atoms with E-state index in [0.29, 0.717) is 11.6 Å². The summed E-state index contributed by atoms with van der Waals surface area (Å²) in [5, 5.41) is 4.48. The third-order valence-corrected chi connectivity index (χ3v) is 3.39. The molecule has 2 aromatic rings. The van der Waals surface area contributed by atoms with Gasteiger partial charge in [-0.2, -0.15) is 5.10 Å². The van der Waals surface area contributed by atoms with Crippen molar-refractivity contribution in [3.63, 3.8) is 0 Å². The number of halogens is 1. The molecule has 0 atom stereocenters. The van der Waals surface area contributed by atoms with Gasteiger partial charge in [0.1, 0.15) is 5.69 Å². The Balaban J connectivity index is 2.31. The van der Waals surface area contributed by atoms with Crippen LogP contribution in [0.4, 0.5) is 5.69 Å². The third kappa shape index (κ3) is 2.39. The van der Waals surface area contributed by atoms with E-state index in [1.54, 1.807) is 0 Å². The van der Waals surface area contributed by atoms with Crippen LogP contribution in [0.3, 0.4) is 0 Å². The number of nitrogen functional groups attached to an aromatic ring is 1. The summed E-state index contributed by atoms with van der Waals surface area (Å²) in [6.07, 6.45) is 1.88. The zero-order valence-electron chi connectivity index (χ0n) is 9.27. The Labute approximate surface area is 104 Å². The monoisotopic (exact) mass is 255 g/mol. The van der Waals surface area contributed by atoms with Crippen molar-refractivity contribution in [2.24, 2.45) is 5.92 Å². The lowest BCUT2D eigenvalue weighted by atomic mass is 10.2. The number of aromatic nitrogens is 2. The van der Waals surface area contributed by atoms with Crippen molar-refractivity contribution in [2.45, 2.75) is 20.4 Å². The average Bonchev–Trinajstić information content (AvgIpc) is 2.72. The van der Waals surface area contributed by atoms with Crippen LogP contribution in [0.5, 0.6) is 0 Å². The maximum atomic E-state index is 5.94. The van der Waals surface area contributed by atoms with E-state index < -0.39 is 0 Å². The van der Waals surface area contributed by atoms with Crippen LogP contribution >= 0.6 is 22.9 Å². The van der Waals surface area contributed by atoms with Gasteiger partial charge in [-0.1, -0.05) is 25.4 Å². The van der Waals surface area contributed by atoms with Gasteiger partial charge in [-0.25, -0.2) is 0 Å². The molecule has 5 heteroatoms. The van der Waals surface area contributed by atoms with E-state index in [9.17, 15) is 0 Å². The third-order valence-electron chi connectivity index (χ3n) is 2.15. The van der Waals surface area contributed by atoms with E-state index in [1.807, 2.05) is 23.0 Å². The summed E-state index contributed by atoms with van der Waals surface area (Å²) < 4.78 is 2.65. The van der Waals surface area contributed by atoms with Crippen LogP contribution in [0.1, 0.15) is 13.8 Å². The summed E-state index contributed by atoms with van der Waals surface area (Å²) in [5.74, 6) is 0.555. The average molecular weight is 256 g/mol. The predicted molar refractivity (Wildman–Crippen MR) is 69.8 cm³/mol. The second-order valence-electron chi connectivity index (χ2n) is 4.15. The molecule has 0 aliphatic rings. The van der Waals surface area contributed by atoms with E-state index in [1.165, 1.54) is 11.3 Å². The number of anilines is 1. The minimum atomic E-state index is 0.555. The lowest BCUT2D eigenvalue weighted by Gasteiger charge is -2.03. The van der Waals surface area contributed by atoms with Crippen LogP contribution < -0.4 is 5.73 Å². The molecule has 16 heavy (non-hydrogen) atoms. The topological polar surface area (TPSA) is 43.8 Å². The Morgan fingerprint density at radius 1 is 1.50 bits per heavy atom. The highest BCUT2D eigenvalue weighted by Gasteiger charge is 2.11. The number of rotatable bonds is 3. The van der Waals surface area contributed by atoms with Crippen molar-refractivity contribution in [1.82, 2.24) is 9.78 Å². The van der Waals surface area contributed by atoms with Crippen molar-refractivity contribution in [2.75, 3.05) is 5.73 Å². The molecular formula is C11H14ClN3S. The first kappa shape index (κ1) is 11.5. The molecule has 0 aliphatic carbocycles. The predicted octanol–water partition coefficient (Wildman–Crippen LogP) is 3.50. The summed E-state index contributed by atoms with van der Waals surface area (Å²) in [6, 6.07) is 3.81. The quantitative estimate of drug-likeness (QED) is 0.912. The first-order chi connectivity index (χ1) is 7.56. The number of thiophene rings is 1. The lowest BCUT2D eigenvalue weighted by Crippen LogP contribution is -2.04. The molecule has 0 spiro atoms. The lowest BCUT2D eigenvalue weighted by molar-refractivity contribution is 0.484. The fraction of sp³-hybridized carbons (Fsp3) is 0.364. The van der Waals surface area contributed by atoms with Crippen LogP contribution in [-0.2, 0) is 6.54 Å². The molecule has 0 fully saturated rings.